The fourth-order valence-corrected chi connectivity index (χ4v) is 3.11. The van der Waals surface area contributed by atoms with Crippen LogP contribution in [0.1, 0.15) is 37.2 Å². The smallest absolute Gasteiger partial charge is 0.244 e. The third-order valence-electron chi connectivity index (χ3n) is 4.70. The van der Waals surface area contributed by atoms with Crippen LogP contribution in [-0.2, 0) is 16.0 Å². The molecule has 1 saturated carbocycles. The summed E-state index contributed by atoms with van der Waals surface area (Å²) in [4.78, 5) is 25.8. The Labute approximate surface area is 158 Å². The molecule has 138 valence electrons. The molecule has 1 aromatic carbocycles. The summed E-state index contributed by atoms with van der Waals surface area (Å²) in [5.74, 6) is 2.69. The zero-order valence-corrected chi connectivity index (χ0v) is 15.8. The number of nitrogens with zero attached hydrogens (tertiary/aromatic N) is 1. The van der Waals surface area contributed by atoms with E-state index in [2.05, 4.69) is 12.2 Å². The Hall–Kier alpha value is -2.27. The highest BCUT2D eigenvalue weighted by Gasteiger charge is 2.36. The number of carbonyl (C=O) groups excluding carboxylic acids is 2. The van der Waals surface area contributed by atoms with Gasteiger partial charge in [-0.1, -0.05) is 30.7 Å². The SMILES string of the molecule is CC1CC1c1ccc(CCC(=O)N(C)CC(=O)Nc2ccccc2Cl)o1. The van der Waals surface area contributed by atoms with Gasteiger partial charge in [0.2, 0.25) is 11.8 Å². The predicted molar refractivity (Wildman–Crippen MR) is 101 cm³/mol. The Morgan fingerprint density at radius 3 is 2.69 bits per heavy atom. The van der Waals surface area contributed by atoms with Crippen LogP contribution in [0.25, 0.3) is 0 Å². The third kappa shape index (κ3) is 4.67. The molecule has 0 radical (unpaired) electrons. The molecule has 2 atom stereocenters. The van der Waals surface area contributed by atoms with Gasteiger partial charge in [-0.15, -0.1) is 0 Å². The van der Waals surface area contributed by atoms with Gasteiger partial charge >= 0.3 is 0 Å². The second-order valence-corrected chi connectivity index (χ2v) is 7.31. The Bertz CT molecular complexity index is 802. The van der Waals surface area contributed by atoms with Crippen LogP contribution in [0, 0.1) is 5.92 Å². The summed E-state index contributed by atoms with van der Waals surface area (Å²) < 4.78 is 5.82. The van der Waals surface area contributed by atoms with Gasteiger partial charge in [0.05, 0.1) is 17.3 Å². The molecule has 2 aromatic rings. The fraction of sp³-hybridized carbons (Fsp3) is 0.400. The van der Waals surface area contributed by atoms with E-state index >= 15 is 0 Å². The Balaban J connectivity index is 1.44. The van der Waals surface area contributed by atoms with Crippen molar-refractivity contribution in [3.63, 3.8) is 0 Å². The van der Waals surface area contributed by atoms with E-state index in [9.17, 15) is 9.59 Å². The minimum atomic E-state index is -0.281. The van der Waals surface area contributed by atoms with E-state index in [1.807, 2.05) is 12.1 Å². The lowest BCUT2D eigenvalue weighted by molar-refractivity contribution is -0.133. The fourth-order valence-electron chi connectivity index (χ4n) is 2.92. The van der Waals surface area contributed by atoms with Crippen LogP contribution in [0.3, 0.4) is 0 Å². The van der Waals surface area contributed by atoms with Gasteiger partial charge in [0.15, 0.2) is 0 Å². The molecule has 1 aliphatic rings. The van der Waals surface area contributed by atoms with Crippen molar-refractivity contribution in [1.29, 1.82) is 0 Å². The summed E-state index contributed by atoms with van der Waals surface area (Å²) in [6, 6.07) is 10.9. The quantitative estimate of drug-likeness (QED) is 0.794. The van der Waals surface area contributed by atoms with Crippen molar-refractivity contribution in [3.8, 4) is 0 Å². The van der Waals surface area contributed by atoms with Crippen LogP contribution >= 0.6 is 11.6 Å². The number of para-hydroxylation sites is 1. The van der Waals surface area contributed by atoms with E-state index in [1.54, 1.807) is 31.3 Å². The van der Waals surface area contributed by atoms with Crippen LogP contribution in [-0.4, -0.2) is 30.3 Å². The first kappa shape index (κ1) is 18.5. The van der Waals surface area contributed by atoms with Crippen molar-refractivity contribution in [1.82, 2.24) is 4.90 Å². The number of rotatable bonds is 7. The van der Waals surface area contributed by atoms with E-state index in [4.69, 9.17) is 16.0 Å². The first-order chi connectivity index (χ1) is 12.4. The molecule has 0 spiro atoms. The molecule has 1 N–H and O–H groups in total. The number of hydrogen-bond acceptors (Lipinski definition) is 3. The Morgan fingerprint density at radius 1 is 1.27 bits per heavy atom. The van der Waals surface area contributed by atoms with Crippen LogP contribution in [0.5, 0.6) is 0 Å². The van der Waals surface area contributed by atoms with Gasteiger partial charge < -0.3 is 14.6 Å². The van der Waals surface area contributed by atoms with Crippen LogP contribution in [0.15, 0.2) is 40.8 Å². The van der Waals surface area contributed by atoms with E-state index in [0.717, 1.165) is 11.5 Å². The molecule has 3 rings (SSSR count). The highest BCUT2D eigenvalue weighted by molar-refractivity contribution is 6.33. The summed E-state index contributed by atoms with van der Waals surface area (Å²) in [7, 11) is 1.62. The minimum Gasteiger partial charge on any atom is -0.466 e. The van der Waals surface area contributed by atoms with Crippen molar-refractivity contribution >= 4 is 29.1 Å². The van der Waals surface area contributed by atoms with Gasteiger partial charge in [-0.05, 0) is 36.6 Å². The number of aryl methyl sites for hydroxylation is 1. The lowest BCUT2D eigenvalue weighted by atomic mass is 10.2. The van der Waals surface area contributed by atoms with Gasteiger partial charge in [-0.3, -0.25) is 9.59 Å². The van der Waals surface area contributed by atoms with E-state index in [1.165, 1.54) is 11.3 Å². The molecule has 2 amide bonds. The molecule has 6 heteroatoms. The van der Waals surface area contributed by atoms with E-state index in [0.29, 0.717) is 35.4 Å². The van der Waals surface area contributed by atoms with Crippen molar-refractivity contribution < 1.29 is 14.0 Å². The van der Waals surface area contributed by atoms with Gasteiger partial charge in [-0.25, -0.2) is 0 Å². The van der Waals surface area contributed by atoms with Crippen LogP contribution < -0.4 is 5.32 Å². The standard InChI is InChI=1S/C20H23ClN2O3/c1-13-11-15(13)18-9-7-14(26-18)8-10-20(25)23(2)12-19(24)22-17-6-4-3-5-16(17)21/h3-7,9,13,15H,8,10-12H2,1-2H3,(H,22,24). The molecule has 1 aliphatic carbocycles. The largest absolute Gasteiger partial charge is 0.466 e. The minimum absolute atomic E-state index is 0.0208. The number of nitrogens with one attached hydrogen (secondary N) is 1. The second-order valence-electron chi connectivity index (χ2n) is 6.90. The normalized spacial score (nSPS) is 18.4. The molecule has 2 unspecified atom stereocenters. The molecule has 1 fully saturated rings. The summed E-state index contributed by atoms with van der Waals surface area (Å²) in [6.07, 6.45) is 2.02. The number of likely N-dealkylation sites (N-methyl/N-ethyl adjacent to an activating group) is 1. The van der Waals surface area contributed by atoms with Crippen molar-refractivity contribution in [3.05, 3.63) is 52.9 Å². The molecule has 0 bridgehead atoms. The maximum Gasteiger partial charge on any atom is 0.244 e. The highest BCUT2D eigenvalue weighted by atomic mass is 35.5. The van der Waals surface area contributed by atoms with Crippen molar-refractivity contribution in [2.75, 3.05) is 18.9 Å². The van der Waals surface area contributed by atoms with Gasteiger partial charge in [0, 0.05) is 25.8 Å². The zero-order valence-electron chi connectivity index (χ0n) is 15.0. The van der Waals surface area contributed by atoms with E-state index < -0.39 is 0 Å². The van der Waals surface area contributed by atoms with Crippen molar-refractivity contribution in [2.24, 2.45) is 5.92 Å². The molecule has 1 aromatic heterocycles. The first-order valence-electron chi connectivity index (χ1n) is 8.81. The number of halogens is 1. The van der Waals surface area contributed by atoms with Crippen LogP contribution in [0.2, 0.25) is 5.02 Å². The van der Waals surface area contributed by atoms with Crippen LogP contribution in [0.4, 0.5) is 5.69 Å². The maximum atomic E-state index is 12.3. The van der Waals surface area contributed by atoms with Crippen molar-refractivity contribution in [2.45, 2.75) is 32.1 Å². The monoisotopic (exact) mass is 374 g/mol. The zero-order chi connectivity index (χ0) is 18.7. The summed E-state index contributed by atoms with van der Waals surface area (Å²) in [6.45, 7) is 2.19. The Morgan fingerprint density at radius 2 is 2.00 bits per heavy atom. The number of hydrogen-bond donors (Lipinski definition) is 1. The molecule has 0 aliphatic heterocycles. The number of amides is 2. The van der Waals surface area contributed by atoms with E-state index in [-0.39, 0.29) is 18.4 Å². The molecule has 0 saturated heterocycles. The lowest BCUT2D eigenvalue weighted by Gasteiger charge is -2.17. The summed E-state index contributed by atoms with van der Waals surface area (Å²) in [5, 5.41) is 3.18. The molecule has 5 nitrogen and oxygen atoms in total. The van der Waals surface area contributed by atoms with Gasteiger partial charge in [-0.2, -0.15) is 0 Å². The maximum absolute atomic E-state index is 12.3. The first-order valence-corrected chi connectivity index (χ1v) is 9.19. The molecule has 1 heterocycles. The summed E-state index contributed by atoms with van der Waals surface area (Å²) in [5.41, 5.74) is 0.539. The molecular weight excluding hydrogens is 352 g/mol. The number of carbonyl (C=O) groups is 2. The average molecular weight is 375 g/mol. The lowest BCUT2D eigenvalue weighted by Crippen LogP contribution is -2.35. The summed E-state index contributed by atoms with van der Waals surface area (Å²) >= 11 is 6.02. The Kier molecular flexibility index (Phi) is 5.67. The number of benzene rings is 1. The highest BCUT2D eigenvalue weighted by Crippen LogP contribution is 2.47. The molecular formula is C20H23ClN2O3. The second kappa shape index (κ2) is 7.96. The molecule has 26 heavy (non-hydrogen) atoms. The predicted octanol–water partition coefficient (Wildman–Crippen LogP) is 4.09. The van der Waals surface area contributed by atoms with Gasteiger partial charge in [0.1, 0.15) is 11.5 Å². The average Bonchev–Trinajstić information content (AvgIpc) is 3.15. The third-order valence-corrected chi connectivity index (χ3v) is 5.03. The topological polar surface area (TPSA) is 62.6 Å². The number of furan rings is 1. The number of anilines is 1. The van der Waals surface area contributed by atoms with Gasteiger partial charge in [0.25, 0.3) is 0 Å².